The second-order valence-corrected chi connectivity index (χ2v) is 5.34. The maximum Gasteiger partial charge on any atom is 0.417 e. The van der Waals surface area contributed by atoms with Crippen LogP contribution >= 0.6 is 0 Å². The molecule has 0 unspecified atom stereocenters. The summed E-state index contributed by atoms with van der Waals surface area (Å²) < 4.78 is 38.5. The van der Waals surface area contributed by atoms with Crippen LogP contribution in [-0.4, -0.2) is 5.78 Å². The van der Waals surface area contributed by atoms with Crippen molar-refractivity contribution >= 4 is 5.78 Å². The number of hydrogen-bond donors (Lipinski definition) is 0. The number of carbonyl (C=O) groups is 1. The molecule has 0 bridgehead atoms. The molecule has 0 amide bonds. The number of hydrogen-bond acceptors (Lipinski definition) is 1. The first kappa shape index (κ1) is 17.7. The number of alkyl halides is 3. The van der Waals surface area contributed by atoms with E-state index in [2.05, 4.69) is 6.92 Å². The zero-order valence-electron chi connectivity index (χ0n) is 12.5. The Kier molecular flexibility index (Phi) is 7.48. The van der Waals surface area contributed by atoms with Crippen molar-refractivity contribution in [2.24, 2.45) is 0 Å². The van der Waals surface area contributed by atoms with Crippen LogP contribution in [0.25, 0.3) is 0 Å². The fraction of sp³-hybridized carbons (Fsp3) is 0.588. The molecule has 1 aromatic carbocycles. The molecule has 0 heterocycles. The molecular weight excluding hydrogens is 277 g/mol. The highest BCUT2D eigenvalue weighted by Gasteiger charge is 2.34. The van der Waals surface area contributed by atoms with Crippen LogP contribution < -0.4 is 0 Å². The van der Waals surface area contributed by atoms with Crippen LogP contribution in [0.1, 0.15) is 74.2 Å². The molecule has 1 rings (SSSR count). The predicted molar refractivity (Wildman–Crippen MR) is 78.4 cm³/mol. The summed E-state index contributed by atoms with van der Waals surface area (Å²) in [5.74, 6) is -0.406. The van der Waals surface area contributed by atoms with Gasteiger partial charge in [-0.05, 0) is 12.5 Å². The second-order valence-electron chi connectivity index (χ2n) is 5.34. The van der Waals surface area contributed by atoms with Gasteiger partial charge in [-0.1, -0.05) is 63.6 Å². The van der Waals surface area contributed by atoms with Crippen molar-refractivity contribution in [3.63, 3.8) is 0 Å². The number of rotatable bonds is 9. The highest BCUT2D eigenvalue weighted by Crippen LogP contribution is 2.32. The molecule has 0 radical (unpaired) electrons. The van der Waals surface area contributed by atoms with Crippen molar-refractivity contribution in [2.45, 2.75) is 64.5 Å². The smallest absolute Gasteiger partial charge is 0.294 e. The minimum absolute atomic E-state index is 0.195. The van der Waals surface area contributed by atoms with Crippen LogP contribution in [-0.2, 0) is 6.18 Å². The molecule has 0 N–H and O–H groups in total. The quantitative estimate of drug-likeness (QED) is 0.402. The van der Waals surface area contributed by atoms with Crippen molar-refractivity contribution in [1.82, 2.24) is 0 Å². The third kappa shape index (κ3) is 6.32. The minimum atomic E-state index is -4.47. The Hall–Kier alpha value is -1.32. The summed E-state index contributed by atoms with van der Waals surface area (Å²) in [4.78, 5) is 11.9. The van der Waals surface area contributed by atoms with E-state index in [1.165, 1.54) is 37.5 Å². The van der Waals surface area contributed by atoms with Crippen LogP contribution in [0.4, 0.5) is 13.2 Å². The normalized spacial score (nSPS) is 11.6. The highest BCUT2D eigenvalue weighted by atomic mass is 19.4. The topological polar surface area (TPSA) is 17.1 Å². The zero-order chi connectivity index (χ0) is 15.7. The first-order chi connectivity index (χ1) is 9.96. The van der Waals surface area contributed by atoms with Crippen LogP contribution in [0.2, 0.25) is 0 Å². The lowest BCUT2D eigenvalue weighted by Crippen LogP contribution is -2.12. The van der Waals surface area contributed by atoms with Gasteiger partial charge in [0.1, 0.15) is 0 Å². The van der Waals surface area contributed by atoms with E-state index in [1.807, 2.05) is 0 Å². The molecule has 1 nitrogen and oxygen atoms in total. The molecule has 1 aromatic rings. The average molecular weight is 300 g/mol. The number of Topliss-reactive ketones (excluding diaryl/α,β-unsaturated/α-hetero) is 1. The Labute approximate surface area is 124 Å². The van der Waals surface area contributed by atoms with E-state index in [4.69, 9.17) is 0 Å². The fourth-order valence-corrected chi connectivity index (χ4v) is 2.35. The van der Waals surface area contributed by atoms with Gasteiger partial charge in [-0.2, -0.15) is 13.2 Å². The van der Waals surface area contributed by atoms with Crippen LogP contribution in [0.3, 0.4) is 0 Å². The van der Waals surface area contributed by atoms with E-state index in [9.17, 15) is 18.0 Å². The molecule has 0 saturated heterocycles. The standard InChI is InChI=1S/C17H23F3O/c1-2-3-4-5-6-7-8-13-16(21)14-11-9-10-12-15(14)17(18,19)20/h9-12H,2-8,13H2,1H3. The van der Waals surface area contributed by atoms with E-state index in [-0.39, 0.29) is 12.0 Å². The monoisotopic (exact) mass is 300 g/mol. The Morgan fingerprint density at radius 2 is 1.52 bits per heavy atom. The first-order valence-corrected chi connectivity index (χ1v) is 7.66. The third-order valence-corrected chi connectivity index (χ3v) is 3.54. The van der Waals surface area contributed by atoms with Gasteiger partial charge in [0.15, 0.2) is 5.78 Å². The molecule has 4 heteroatoms. The van der Waals surface area contributed by atoms with Crippen molar-refractivity contribution in [3.8, 4) is 0 Å². The number of halogens is 3. The summed E-state index contributed by atoms with van der Waals surface area (Å²) in [6, 6.07) is 5.03. The lowest BCUT2D eigenvalue weighted by molar-refractivity contribution is -0.137. The molecule has 118 valence electrons. The van der Waals surface area contributed by atoms with Gasteiger partial charge in [0.2, 0.25) is 0 Å². The van der Waals surface area contributed by atoms with E-state index in [0.29, 0.717) is 6.42 Å². The summed E-state index contributed by atoms with van der Waals surface area (Å²) in [5, 5.41) is 0. The maximum atomic E-state index is 12.8. The summed E-state index contributed by atoms with van der Waals surface area (Å²) in [5.41, 5.74) is -1.02. The van der Waals surface area contributed by atoms with Gasteiger partial charge in [0.05, 0.1) is 5.56 Å². The molecule has 0 atom stereocenters. The first-order valence-electron chi connectivity index (χ1n) is 7.66. The molecule has 0 saturated carbocycles. The largest absolute Gasteiger partial charge is 0.417 e. The molecule has 21 heavy (non-hydrogen) atoms. The number of ketones is 1. The van der Waals surface area contributed by atoms with Crippen LogP contribution in [0.15, 0.2) is 24.3 Å². The van der Waals surface area contributed by atoms with E-state index < -0.39 is 17.5 Å². The van der Waals surface area contributed by atoms with Crippen LogP contribution in [0.5, 0.6) is 0 Å². The number of unbranched alkanes of at least 4 members (excludes halogenated alkanes) is 6. The molecule has 0 aliphatic heterocycles. The fourth-order valence-electron chi connectivity index (χ4n) is 2.35. The molecule has 0 aliphatic carbocycles. The van der Waals surface area contributed by atoms with Gasteiger partial charge in [-0.15, -0.1) is 0 Å². The van der Waals surface area contributed by atoms with Gasteiger partial charge in [-0.25, -0.2) is 0 Å². The number of carbonyl (C=O) groups excluding carboxylic acids is 1. The Morgan fingerprint density at radius 3 is 2.14 bits per heavy atom. The highest BCUT2D eigenvalue weighted by molar-refractivity contribution is 5.97. The van der Waals surface area contributed by atoms with Crippen molar-refractivity contribution in [1.29, 1.82) is 0 Å². The SMILES string of the molecule is CCCCCCCCCC(=O)c1ccccc1C(F)(F)F. The lowest BCUT2D eigenvalue weighted by atomic mass is 9.98. The van der Waals surface area contributed by atoms with E-state index in [0.717, 1.165) is 25.3 Å². The van der Waals surface area contributed by atoms with Gasteiger partial charge in [0.25, 0.3) is 0 Å². The summed E-state index contributed by atoms with van der Waals surface area (Å²) in [6.07, 6.45) is 3.09. The molecule has 0 spiro atoms. The zero-order valence-corrected chi connectivity index (χ0v) is 12.5. The van der Waals surface area contributed by atoms with Gasteiger partial charge >= 0.3 is 6.18 Å². The maximum absolute atomic E-state index is 12.8. The molecular formula is C17H23F3O. The van der Waals surface area contributed by atoms with Crippen LogP contribution in [0, 0.1) is 0 Å². The Balaban J connectivity index is 2.43. The van der Waals surface area contributed by atoms with Crippen molar-refractivity contribution < 1.29 is 18.0 Å². The third-order valence-electron chi connectivity index (χ3n) is 3.54. The van der Waals surface area contributed by atoms with E-state index >= 15 is 0 Å². The summed E-state index contributed by atoms with van der Waals surface area (Å²) in [7, 11) is 0. The lowest BCUT2D eigenvalue weighted by Gasteiger charge is -2.11. The van der Waals surface area contributed by atoms with Crippen molar-refractivity contribution in [3.05, 3.63) is 35.4 Å². The molecule has 0 aromatic heterocycles. The van der Waals surface area contributed by atoms with Crippen molar-refractivity contribution in [2.75, 3.05) is 0 Å². The van der Waals surface area contributed by atoms with Gasteiger partial charge in [0, 0.05) is 12.0 Å². The summed E-state index contributed by atoms with van der Waals surface area (Å²) in [6.45, 7) is 2.15. The minimum Gasteiger partial charge on any atom is -0.294 e. The second kappa shape index (κ2) is 8.85. The summed E-state index contributed by atoms with van der Waals surface area (Å²) >= 11 is 0. The van der Waals surface area contributed by atoms with Gasteiger partial charge in [-0.3, -0.25) is 4.79 Å². The molecule has 0 fully saturated rings. The number of benzene rings is 1. The predicted octanol–water partition coefficient (Wildman–Crippen LogP) is 6.03. The van der Waals surface area contributed by atoms with Gasteiger partial charge < -0.3 is 0 Å². The average Bonchev–Trinajstić information content (AvgIpc) is 2.45. The van der Waals surface area contributed by atoms with E-state index in [1.54, 1.807) is 0 Å². The molecule has 0 aliphatic rings. The Morgan fingerprint density at radius 1 is 0.952 bits per heavy atom. The Bertz CT molecular complexity index is 438.